The van der Waals surface area contributed by atoms with Crippen LogP contribution in [0.15, 0.2) is 12.7 Å². The molecule has 0 saturated carbocycles. The van der Waals surface area contributed by atoms with Gasteiger partial charge in [-0.2, -0.15) is 0 Å². The van der Waals surface area contributed by atoms with Crippen molar-refractivity contribution >= 4 is 11.9 Å². The summed E-state index contributed by atoms with van der Waals surface area (Å²) < 4.78 is 0. The molecule has 1 atom stereocenters. The first-order valence-corrected chi connectivity index (χ1v) is 3.21. The Morgan fingerprint density at radius 2 is 1.92 bits per heavy atom. The van der Waals surface area contributed by atoms with Gasteiger partial charge >= 0.3 is 11.9 Å². The van der Waals surface area contributed by atoms with E-state index in [1.165, 1.54) is 0 Å². The van der Waals surface area contributed by atoms with E-state index in [0.717, 1.165) is 6.08 Å². The number of aliphatic hydroxyl groups is 1. The van der Waals surface area contributed by atoms with Crippen LogP contribution in [0.5, 0.6) is 0 Å². The number of aliphatic carboxylic acids is 2. The summed E-state index contributed by atoms with van der Waals surface area (Å²) in [6.07, 6.45) is 0.0556. The van der Waals surface area contributed by atoms with Gasteiger partial charge in [0.05, 0.1) is 6.42 Å². The van der Waals surface area contributed by atoms with Crippen LogP contribution in [0.4, 0.5) is 0 Å². The summed E-state index contributed by atoms with van der Waals surface area (Å²) >= 11 is 0. The molecule has 0 rings (SSSR count). The van der Waals surface area contributed by atoms with Gasteiger partial charge in [0, 0.05) is 6.42 Å². The lowest BCUT2D eigenvalue weighted by atomic mass is 9.96. The van der Waals surface area contributed by atoms with E-state index in [1.807, 2.05) is 0 Å². The number of hydrogen-bond acceptors (Lipinski definition) is 3. The van der Waals surface area contributed by atoms with Crippen molar-refractivity contribution < 1.29 is 24.9 Å². The quantitative estimate of drug-likeness (QED) is 0.504. The standard InChI is InChI=1S/C7H10O5/c1-2-3-7(12,6(10)11)4-5(8)9/h2,12H,1,3-4H2,(H,8,9)(H,10,11). The van der Waals surface area contributed by atoms with Crippen molar-refractivity contribution in [1.29, 1.82) is 0 Å². The third kappa shape index (κ3) is 2.71. The lowest BCUT2D eigenvalue weighted by Crippen LogP contribution is -2.40. The Morgan fingerprint density at radius 3 is 2.17 bits per heavy atom. The number of carbonyl (C=O) groups is 2. The molecule has 0 aromatic carbocycles. The molecule has 0 spiro atoms. The Labute approximate surface area is 68.9 Å². The van der Waals surface area contributed by atoms with Gasteiger partial charge in [0.2, 0.25) is 0 Å². The van der Waals surface area contributed by atoms with E-state index in [-0.39, 0.29) is 6.42 Å². The number of hydrogen-bond donors (Lipinski definition) is 3. The van der Waals surface area contributed by atoms with Gasteiger partial charge in [-0.1, -0.05) is 6.08 Å². The van der Waals surface area contributed by atoms with Crippen LogP contribution in [0.3, 0.4) is 0 Å². The molecule has 0 aliphatic rings. The van der Waals surface area contributed by atoms with Crippen LogP contribution in [0, 0.1) is 0 Å². The second-order valence-corrected chi connectivity index (χ2v) is 2.40. The third-order valence-electron chi connectivity index (χ3n) is 1.32. The zero-order valence-corrected chi connectivity index (χ0v) is 6.36. The minimum Gasteiger partial charge on any atom is -0.481 e. The molecule has 0 fully saturated rings. The van der Waals surface area contributed by atoms with E-state index >= 15 is 0 Å². The molecule has 5 nitrogen and oxygen atoms in total. The number of carboxylic acids is 2. The van der Waals surface area contributed by atoms with E-state index in [0.29, 0.717) is 0 Å². The summed E-state index contributed by atoms with van der Waals surface area (Å²) in [5.41, 5.74) is -2.23. The minimum atomic E-state index is -2.23. The van der Waals surface area contributed by atoms with Gasteiger partial charge in [-0.25, -0.2) is 4.79 Å². The fourth-order valence-corrected chi connectivity index (χ4v) is 0.724. The highest BCUT2D eigenvalue weighted by molar-refractivity contribution is 5.83. The maximum Gasteiger partial charge on any atom is 0.336 e. The summed E-state index contributed by atoms with van der Waals surface area (Å²) in [4.78, 5) is 20.5. The van der Waals surface area contributed by atoms with Gasteiger partial charge in [-0.05, 0) is 0 Å². The molecule has 1 unspecified atom stereocenters. The molecule has 0 aromatic heterocycles. The SMILES string of the molecule is C=CCC(O)(CC(=O)O)C(=O)O. The molecule has 68 valence electrons. The van der Waals surface area contributed by atoms with Gasteiger partial charge in [0.15, 0.2) is 5.60 Å². The topological polar surface area (TPSA) is 94.8 Å². The van der Waals surface area contributed by atoms with Crippen molar-refractivity contribution in [3.05, 3.63) is 12.7 Å². The molecular weight excluding hydrogens is 164 g/mol. The van der Waals surface area contributed by atoms with Crippen LogP contribution in [0.2, 0.25) is 0 Å². The molecule has 12 heavy (non-hydrogen) atoms. The first kappa shape index (κ1) is 10.6. The largest absolute Gasteiger partial charge is 0.481 e. The Morgan fingerprint density at radius 1 is 1.42 bits per heavy atom. The molecular formula is C7H10O5. The van der Waals surface area contributed by atoms with Gasteiger partial charge < -0.3 is 15.3 Å². The zero-order chi connectivity index (χ0) is 9.78. The van der Waals surface area contributed by atoms with Crippen molar-refractivity contribution in [3.63, 3.8) is 0 Å². The summed E-state index contributed by atoms with van der Waals surface area (Å²) in [5.74, 6) is -2.91. The summed E-state index contributed by atoms with van der Waals surface area (Å²) in [5, 5.41) is 25.9. The lowest BCUT2D eigenvalue weighted by Gasteiger charge is -2.18. The molecule has 0 amide bonds. The molecule has 3 N–H and O–H groups in total. The second-order valence-electron chi connectivity index (χ2n) is 2.40. The summed E-state index contributed by atoms with van der Waals surface area (Å²) in [7, 11) is 0. The van der Waals surface area contributed by atoms with E-state index in [1.54, 1.807) is 0 Å². The van der Waals surface area contributed by atoms with Gasteiger partial charge in [0.25, 0.3) is 0 Å². The second kappa shape index (κ2) is 3.87. The molecule has 0 radical (unpaired) electrons. The van der Waals surface area contributed by atoms with E-state index < -0.39 is 24.0 Å². The fourth-order valence-electron chi connectivity index (χ4n) is 0.724. The summed E-state index contributed by atoms with van der Waals surface area (Å²) in [6, 6.07) is 0. The lowest BCUT2D eigenvalue weighted by molar-refractivity contribution is -0.164. The average molecular weight is 174 g/mol. The van der Waals surface area contributed by atoms with E-state index in [9.17, 15) is 14.7 Å². The predicted octanol–water partition coefficient (Wildman–Crippen LogP) is -0.147. The van der Waals surface area contributed by atoms with Crippen LogP contribution < -0.4 is 0 Å². The molecule has 0 heterocycles. The number of carboxylic acid groups (broad SMARTS) is 2. The highest BCUT2D eigenvalue weighted by Crippen LogP contribution is 2.15. The highest BCUT2D eigenvalue weighted by Gasteiger charge is 2.36. The first-order chi connectivity index (χ1) is 5.42. The Kier molecular flexibility index (Phi) is 3.43. The van der Waals surface area contributed by atoms with Crippen molar-refractivity contribution in [1.82, 2.24) is 0 Å². The first-order valence-electron chi connectivity index (χ1n) is 3.21. The fraction of sp³-hybridized carbons (Fsp3) is 0.429. The zero-order valence-electron chi connectivity index (χ0n) is 6.36. The van der Waals surface area contributed by atoms with Crippen molar-refractivity contribution in [2.75, 3.05) is 0 Å². The van der Waals surface area contributed by atoms with Crippen LogP contribution in [0.25, 0.3) is 0 Å². The molecule has 0 bridgehead atoms. The van der Waals surface area contributed by atoms with Crippen LogP contribution in [-0.4, -0.2) is 32.9 Å². The normalized spacial score (nSPS) is 14.8. The number of rotatable bonds is 5. The van der Waals surface area contributed by atoms with E-state index in [2.05, 4.69) is 6.58 Å². The average Bonchev–Trinajstić information content (AvgIpc) is 1.85. The van der Waals surface area contributed by atoms with Crippen LogP contribution >= 0.6 is 0 Å². The molecule has 0 aliphatic heterocycles. The Hall–Kier alpha value is -1.36. The monoisotopic (exact) mass is 174 g/mol. The Bertz CT molecular complexity index is 210. The third-order valence-corrected chi connectivity index (χ3v) is 1.32. The van der Waals surface area contributed by atoms with Crippen molar-refractivity contribution in [3.8, 4) is 0 Å². The van der Waals surface area contributed by atoms with Crippen molar-refractivity contribution in [2.24, 2.45) is 0 Å². The van der Waals surface area contributed by atoms with Crippen molar-refractivity contribution in [2.45, 2.75) is 18.4 Å². The van der Waals surface area contributed by atoms with Gasteiger partial charge in [0.1, 0.15) is 0 Å². The Balaban J connectivity index is 4.49. The van der Waals surface area contributed by atoms with E-state index in [4.69, 9.17) is 10.2 Å². The molecule has 5 heteroatoms. The maximum atomic E-state index is 10.4. The smallest absolute Gasteiger partial charge is 0.336 e. The molecule has 0 saturated heterocycles. The highest BCUT2D eigenvalue weighted by atomic mass is 16.4. The predicted molar refractivity (Wildman–Crippen MR) is 39.7 cm³/mol. The molecule has 0 aliphatic carbocycles. The van der Waals surface area contributed by atoms with Crippen LogP contribution in [0.1, 0.15) is 12.8 Å². The maximum absolute atomic E-state index is 10.4. The van der Waals surface area contributed by atoms with Crippen LogP contribution in [-0.2, 0) is 9.59 Å². The summed E-state index contributed by atoms with van der Waals surface area (Å²) in [6.45, 7) is 3.22. The van der Waals surface area contributed by atoms with Gasteiger partial charge in [-0.15, -0.1) is 6.58 Å². The minimum absolute atomic E-state index is 0.283. The van der Waals surface area contributed by atoms with Gasteiger partial charge in [-0.3, -0.25) is 4.79 Å². The molecule has 0 aromatic rings.